The van der Waals surface area contributed by atoms with Crippen molar-refractivity contribution in [3.05, 3.63) is 29.3 Å². The lowest BCUT2D eigenvalue weighted by Crippen LogP contribution is -2.44. The second kappa shape index (κ2) is 5.56. The van der Waals surface area contributed by atoms with Gasteiger partial charge in [-0.15, -0.1) is 0 Å². The first-order chi connectivity index (χ1) is 10.7. The molecule has 1 aromatic rings. The second-order valence-electron chi connectivity index (χ2n) is 7.95. The van der Waals surface area contributed by atoms with E-state index in [4.69, 9.17) is 0 Å². The van der Waals surface area contributed by atoms with Crippen molar-refractivity contribution in [2.45, 2.75) is 63.8 Å². The number of aryl methyl sites for hydroxylation is 1. The first-order valence-corrected chi connectivity index (χ1v) is 9.30. The zero-order valence-corrected chi connectivity index (χ0v) is 14.3. The van der Waals surface area contributed by atoms with Crippen LogP contribution < -0.4 is 4.90 Å². The predicted octanol–water partition coefficient (Wildman–Crippen LogP) is 3.98. The molecule has 2 aliphatic heterocycles. The predicted molar refractivity (Wildman–Crippen MR) is 93.8 cm³/mol. The molecule has 3 aliphatic rings. The number of fused-ring (bicyclic) bond motifs is 2. The molecule has 2 heteroatoms. The molecule has 0 aromatic heterocycles. The molecule has 2 heterocycles. The fraction of sp³-hybridized carbons (Fsp3) is 0.700. The zero-order valence-electron chi connectivity index (χ0n) is 14.3. The Balaban J connectivity index is 1.55. The second-order valence-corrected chi connectivity index (χ2v) is 7.95. The zero-order chi connectivity index (χ0) is 15.2. The number of hydrogen-bond donors (Lipinski definition) is 0. The SMILES string of the molecule is CC(C)N1CCC2(CCc3cc(N4CCCC4)ccc32)CC1. The minimum atomic E-state index is 0.504. The van der Waals surface area contributed by atoms with Crippen LogP contribution in [-0.4, -0.2) is 37.1 Å². The van der Waals surface area contributed by atoms with Crippen molar-refractivity contribution < 1.29 is 0 Å². The van der Waals surface area contributed by atoms with Gasteiger partial charge in [-0.05, 0) is 94.1 Å². The Labute approximate surface area is 135 Å². The minimum Gasteiger partial charge on any atom is -0.372 e. The molecule has 22 heavy (non-hydrogen) atoms. The van der Waals surface area contributed by atoms with Gasteiger partial charge in [0.2, 0.25) is 0 Å². The molecule has 0 amide bonds. The molecule has 1 aliphatic carbocycles. The van der Waals surface area contributed by atoms with Gasteiger partial charge in [-0.25, -0.2) is 0 Å². The Morgan fingerprint density at radius 1 is 0.955 bits per heavy atom. The molecule has 0 N–H and O–H groups in total. The van der Waals surface area contributed by atoms with Gasteiger partial charge in [0.25, 0.3) is 0 Å². The summed E-state index contributed by atoms with van der Waals surface area (Å²) in [6.07, 6.45) is 8.15. The van der Waals surface area contributed by atoms with Gasteiger partial charge in [-0.3, -0.25) is 0 Å². The lowest BCUT2D eigenvalue weighted by atomic mass is 9.73. The van der Waals surface area contributed by atoms with Crippen molar-refractivity contribution >= 4 is 5.69 Å². The molecule has 2 saturated heterocycles. The Hall–Kier alpha value is -1.02. The molecule has 0 radical (unpaired) electrons. The van der Waals surface area contributed by atoms with E-state index in [2.05, 4.69) is 41.8 Å². The Bertz CT molecular complexity index is 535. The fourth-order valence-corrected chi connectivity index (χ4v) is 4.97. The van der Waals surface area contributed by atoms with Crippen LogP contribution in [0.4, 0.5) is 5.69 Å². The minimum absolute atomic E-state index is 0.504. The van der Waals surface area contributed by atoms with E-state index in [9.17, 15) is 0 Å². The van der Waals surface area contributed by atoms with E-state index in [1.54, 1.807) is 11.1 Å². The smallest absolute Gasteiger partial charge is 0.0369 e. The van der Waals surface area contributed by atoms with Crippen molar-refractivity contribution in [3.8, 4) is 0 Å². The largest absolute Gasteiger partial charge is 0.372 e. The maximum atomic E-state index is 2.65. The van der Waals surface area contributed by atoms with Crippen molar-refractivity contribution in [2.75, 3.05) is 31.1 Å². The first-order valence-electron chi connectivity index (χ1n) is 9.30. The molecular weight excluding hydrogens is 268 g/mol. The van der Waals surface area contributed by atoms with E-state index in [0.29, 0.717) is 11.5 Å². The third kappa shape index (κ3) is 2.36. The highest BCUT2D eigenvalue weighted by Crippen LogP contribution is 2.47. The van der Waals surface area contributed by atoms with Crippen LogP contribution in [0.3, 0.4) is 0 Å². The number of likely N-dealkylation sites (tertiary alicyclic amines) is 1. The van der Waals surface area contributed by atoms with Gasteiger partial charge in [0.05, 0.1) is 0 Å². The average Bonchev–Trinajstić information content (AvgIpc) is 3.17. The molecule has 120 valence electrons. The quantitative estimate of drug-likeness (QED) is 0.815. The van der Waals surface area contributed by atoms with Gasteiger partial charge >= 0.3 is 0 Å². The molecule has 0 unspecified atom stereocenters. The molecule has 0 atom stereocenters. The van der Waals surface area contributed by atoms with Gasteiger partial charge in [0, 0.05) is 24.8 Å². The van der Waals surface area contributed by atoms with Crippen LogP contribution in [0.1, 0.15) is 57.1 Å². The molecule has 4 rings (SSSR count). The van der Waals surface area contributed by atoms with Crippen molar-refractivity contribution in [2.24, 2.45) is 0 Å². The molecule has 1 spiro atoms. The maximum absolute atomic E-state index is 2.65. The Kier molecular flexibility index (Phi) is 3.68. The highest BCUT2D eigenvalue weighted by atomic mass is 15.2. The van der Waals surface area contributed by atoms with E-state index in [1.807, 2.05) is 0 Å². The van der Waals surface area contributed by atoms with Crippen molar-refractivity contribution in [3.63, 3.8) is 0 Å². The van der Waals surface area contributed by atoms with E-state index in [-0.39, 0.29) is 0 Å². The summed E-state index contributed by atoms with van der Waals surface area (Å²) in [7, 11) is 0. The molecule has 0 bridgehead atoms. The topological polar surface area (TPSA) is 6.48 Å². The van der Waals surface area contributed by atoms with E-state index in [0.717, 1.165) is 0 Å². The van der Waals surface area contributed by atoms with Crippen LogP contribution >= 0.6 is 0 Å². The van der Waals surface area contributed by atoms with E-state index in [1.165, 1.54) is 70.4 Å². The Morgan fingerprint density at radius 2 is 1.68 bits per heavy atom. The third-order valence-electron chi connectivity index (χ3n) is 6.49. The number of hydrogen-bond acceptors (Lipinski definition) is 2. The lowest BCUT2D eigenvalue weighted by molar-refractivity contribution is 0.129. The van der Waals surface area contributed by atoms with E-state index >= 15 is 0 Å². The highest BCUT2D eigenvalue weighted by Gasteiger charge is 2.41. The monoisotopic (exact) mass is 298 g/mol. The number of rotatable bonds is 2. The molecule has 1 aromatic carbocycles. The molecule has 2 nitrogen and oxygen atoms in total. The summed E-state index contributed by atoms with van der Waals surface area (Å²) in [6.45, 7) is 9.75. The summed E-state index contributed by atoms with van der Waals surface area (Å²) in [4.78, 5) is 5.23. The molecular formula is C20H30N2. The summed E-state index contributed by atoms with van der Waals surface area (Å²) in [5.41, 5.74) is 5.33. The van der Waals surface area contributed by atoms with E-state index < -0.39 is 0 Å². The normalized spacial score (nSPS) is 24.4. The number of anilines is 1. The van der Waals surface area contributed by atoms with Crippen LogP contribution in [0.15, 0.2) is 18.2 Å². The average molecular weight is 298 g/mol. The first kappa shape index (κ1) is 14.6. The number of piperidine rings is 1. The highest BCUT2D eigenvalue weighted by molar-refractivity contribution is 5.55. The van der Waals surface area contributed by atoms with Crippen molar-refractivity contribution in [1.82, 2.24) is 4.90 Å². The third-order valence-corrected chi connectivity index (χ3v) is 6.49. The summed E-state index contributed by atoms with van der Waals surface area (Å²) >= 11 is 0. The summed E-state index contributed by atoms with van der Waals surface area (Å²) in [6, 6.07) is 8.12. The summed E-state index contributed by atoms with van der Waals surface area (Å²) in [5.74, 6) is 0. The van der Waals surface area contributed by atoms with Crippen LogP contribution in [0.5, 0.6) is 0 Å². The molecule has 2 fully saturated rings. The van der Waals surface area contributed by atoms with Crippen LogP contribution in [0, 0.1) is 0 Å². The standard InChI is InChI=1S/C20H30N2/c1-16(2)21-13-9-20(10-14-21)8-7-17-15-18(5-6-19(17)20)22-11-3-4-12-22/h5-6,15-16H,3-4,7-14H2,1-2H3. The summed E-state index contributed by atoms with van der Waals surface area (Å²) < 4.78 is 0. The van der Waals surface area contributed by atoms with Crippen LogP contribution in [0.2, 0.25) is 0 Å². The maximum Gasteiger partial charge on any atom is 0.0369 e. The summed E-state index contributed by atoms with van der Waals surface area (Å²) in [5, 5.41) is 0. The number of benzene rings is 1. The Morgan fingerprint density at radius 3 is 2.36 bits per heavy atom. The van der Waals surface area contributed by atoms with Gasteiger partial charge in [0.1, 0.15) is 0 Å². The van der Waals surface area contributed by atoms with Gasteiger partial charge in [0.15, 0.2) is 0 Å². The fourth-order valence-electron chi connectivity index (χ4n) is 4.97. The molecule has 0 saturated carbocycles. The number of nitrogens with zero attached hydrogens (tertiary/aromatic N) is 2. The van der Waals surface area contributed by atoms with Crippen molar-refractivity contribution in [1.29, 1.82) is 0 Å². The van der Waals surface area contributed by atoms with Gasteiger partial charge < -0.3 is 9.80 Å². The van der Waals surface area contributed by atoms with Gasteiger partial charge in [-0.2, -0.15) is 0 Å². The van der Waals surface area contributed by atoms with Crippen LogP contribution in [0.25, 0.3) is 0 Å². The van der Waals surface area contributed by atoms with Gasteiger partial charge in [-0.1, -0.05) is 6.07 Å². The lowest BCUT2D eigenvalue weighted by Gasteiger charge is -2.42. The van der Waals surface area contributed by atoms with Crippen LogP contribution in [-0.2, 0) is 11.8 Å².